The van der Waals surface area contributed by atoms with Gasteiger partial charge in [0, 0.05) is 6.54 Å². The van der Waals surface area contributed by atoms with Crippen LogP contribution in [-0.2, 0) is 0 Å². The third kappa shape index (κ3) is 1.27. The maximum Gasteiger partial charge on any atom is 0.112 e. The van der Waals surface area contributed by atoms with E-state index in [0.29, 0.717) is 12.3 Å². The van der Waals surface area contributed by atoms with Crippen molar-refractivity contribution in [3.8, 4) is 0 Å². The summed E-state index contributed by atoms with van der Waals surface area (Å²) in [6.45, 7) is 4.04. The predicted molar refractivity (Wildman–Crippen MR) is 57.3 cm³/mol. The number of rotatable bonds is 2. The van der Waals surface area contributed by atoms with Crippen LogP contribution in [0.5, 0.6) is 0 Å². The molecule has 3 N–H and O–H groups in total. The summed E-state index contributed by atoms with van der Waals surface area (Å²) in [5.41, 5.74) is 7.49. The minimum Gasteiger partial charge on any atom is -0.392 e. The molecule has 80 valence electrons. The Hall–Kier alpha value is -1.33. The number of hydrogen-bond acceptors (Lipinski definition) is 5. The zero-order chi connectivity index (χ0) is 11.1. The van der Waals surface area contributed by atoms with Gasteiger partial charge in [-0.25, -0.2) is 0 Å². The molecule has 0 saturated heterocycles. The van der Waals surface area contributed by atoms with Crippen molar-refractivity contribution in [2.24, 2.45) is 26.6 Å². The number of aliphatic hydroxyl groups excluding tert-OH is 1. The topological polar surface area (TPSA) is 83.3 Å². The standard InChI is InChI=1S/C10H14N4O/c1-6(15)10(2)7(5-11)3-4-8-9(10)13-14-12-8/h3-4,6,15H,5,11H2,1-2H3. The molecule has 0 aromatic carbocycles. The van der Waals surface area contributed by atoms with Crippen LogP contribution in [0.1, 0.15) is 13.8 Å². The summed E-state index contributed by atoms with van der Waals surface area (Å²) in [7, 11) is 0. The first-order valence-corrected chi connectivity index (χ1v) is 4.89. The first kappa shape index (κ1) is 10.2. The highest BCUT2D eigenvalue weighted by molar-refractivity contribution is 6.08. The second kappa shape index (κ2) is 3.36. The molecular formula is C10H14N4O. The fourth-order valence-corrected chi connectivity index (χ4v) is 1.95. The van der Waals surface area contributed by atoms with Crippen LogP contribution in [0.25, 0.3) is 0 Å². The molecule has 0 aromatic heterocycles. The molecule has 5 nitrogen and oxygen atoms in total. The molecule has 15 heavy (non-hydrogen) atoms. The van der Waals surface area contributed by atoms with Crippen molar-refractivity contribution in [1.29, 1.82) is 0 Å². The largest absolute Gasteiger partial charge is 0.392 e. The molecule has 1 aliphatic carbocycles. The van der Waals surface area contributed by atoms with Gasteiger partial charge in [0.1, 0.15) is 11.4 Å². The van der Waals surface area contributed by atoms with Gasteiger partial charge in [0.15, 0.2) is 0 Å². The SMILES string of the molecule is CC(O)C1(C)C(CN)=CC=C2N=NN=C21. The summed E-state index contributed by atoms with van der Waals surface area (Å²) in [5, 5.41) is 21.4. The lowest BCUT2D eigenvalue weighted by molar-refractivity contribution is 0.121. The van der Waals surface area contributed by atoms with Crippen LogP contribution >= 0.6 is 0 Å². The van der Waals surface area contributed by atoms with Crippen molar-refractivity contribution in [2.75, 3.05) is 6.54 Å². The molecule has 2 atom stereocenters. The minimum atomic E-state index is -0.571. The van der Waals surface area contributed by atoms with Crippen LogP contribution in [0, 0.1) is 5.41 Å². The molecule has 1 heterocycles. The molecule has 0 radical (unpaired) electrons. The lowest BCUT2D eigenvalue weighted by atomic mass is 9.70. The number of aliphatic hydroxyl groups is 1. The molecule has 2 rings (SSSR count). The summed E-state index contributed by atoms with van der Waals surface area (Å²) < 4.78 is 0. The van der Waals surface area contributed by atoms with Gasteiger partial charge in [0.05, 0.1) is 11.5 Å². The maximum absolute atomic E-state index is 9.90. The van der Waals surface area contributed by atoms with Crippen LogP contribution in [0.4, 0.5) is 0 Å². The Bertz CT molecular complexity index is 406. The van der Waals surface area contributed by atoms with Crippen molar-refractivity contribution in [3.63, 3.8) is 0 Å². The summed E-state index contributed by atoms with van der Waals surface area (Å²) in [5.74, 6) is 0. The normalized spacial score (nSPS) is 30.5. The van der Waals surface area contributed by atoms with Gasteiger partial charge in [-0.2, -0.15) is 0 Å². The Morgan fingerprint density at radius 1 is 1.53 bits per heavy atom. The number of fused-ring (bicyclic) bond motifs is 1. The fourth-order valence-electron chi connectivity index (χ4n) is 1.95. The van der Waals surface area contributed by atoms with Crippen LogP contribution in [-0.4, -0.2) is 23.5 Å². The van der Waals surface area contributed by atoms with E-state index in [-0.39, 0.29) is 0 Å². The van der Waals surface area contributed by atoms with Gasteiger partial charge in [0.25, 0.3) is 0 Å². The highest BCUT2D eigenvalue weighted by atomic mass is 16.3. The van der Waals surface area contributed by atoms with E-state index in [1.165, 1.54) is 0 Å². The third-order valence-corrected chi connectivity index (χ3v) is 3.20. The zero-order valence-corrected chi connectivity index (χ0v) is 8.81. The van der Waals surface area contributed by atoms with E-state index in [2.05, 4.69) is 15.4 Å². The second-order valence-corrected chi connectivity index (χ2v) is 3.96. The molecule has 2 aliphatic rings. The first-order chi connectivity index (χ1) is 7.10. The Labute approximate surface area is 88.1 Å². The van der Waals surface area contributed by atoms with Crippen LogP contribution in [0.2, 0.25) is 0 Å². The number of hydrogen-bond donors (Lipinski definition) is 2. The lowest BCUT2D eigenvalue weighted by Gasteiger charge is -2.36. The van der Waals surface area contributed by atoms with Crippen LogP contribution < -0.4 is 5.73 Å². The molecule has 0 saturated carbocycles. The zero-order valence-electron chi connectivity index (χ0n) is 8.81. The second-order valence-electron chi connectivity index (χ2n) is 3.96. The van der Waals surface area contributed by atoms with Crippen LogP contribution in [0.3, 0.4) is 0 Å². The van der Waals surface area contributed by atoms with Crippen LogP contribution in [0.15, 0.2) is 38.9 Å². The molecular weight excluding hydrogens is 192 g/mol. The van der Waals surface area contributed by atoms with E-state index in [4.69, 9.17) is 5.73 Å². The molecule has 5 heteroatoms. The summed E-state index contributed by atoms with van der Waals surface area (Å²) in [6.07, 6.45) is 3.16. The number of nitrogens with zero attached hydrogens (tertiary/aromatic N) is 3. The van der Waals surface area contributed by atoms with Gasteiger partial charge < -0.3 is 10.8 Å². The summed E-state index contributed by atoms with van der Waals surface area (Å²) >= 11 is 0. The smallest absolute Gasteiger partial charge is 0.112 e. The van der Waals surface area contributed by atoms with Gasteiger partial charge in [0.2, 0.25) is 0 Å². The molecule has 2 unspecified atom stereocenters. The van der Waals surface area contributed by atoms with Crippen molar-refractivity contribution in [1.82, 2.24) is 0 Å². The molecule has 0 amide bonds. The van der Waals surface area contributed by atoms with Gasteiger partial charge in [-0.3, -0.25) is 0 Å². The first-order valence-electron chi connectivity index (χ1n) is 4.89. The third-order valence-electron chi connectivity index (χ3n) is 3.20. The number of allylic oxidation sites excluding steroid dienone is 3. The summed E-state index contributed by atoms with van der Waals surface area (Å²) in [4.78, 5) is 0. The minimum absolute atomic E-state index is 0.393. The van der Waals surface area contributed by atoms with Gasteiger partial charge >= 0.3 is 0 Å². The van der Waals surface area contributed by atoms with Crippen molar-refractivity contribution < 1.29 is 5.11 Å². The quantitative estimate of drug-likeness (QED) is 0.705. The van der Waals surface area contributed by atoms with E-state index in [0.717, 1.165) is 11.3 Å². The van der Waals surface area contributed by atoms with Crippen molar-refractivity contribution in [3.05, 3.63) is 23.4 Å². The Balaban J connectivity index is 2.53. The molecule has 0 bridgehead atoms. The predicted octanol–water partition coefficient (Wildman–Crippen LogP) is 0.978. The highest BCUT2D eigenvalue weighted by Gasteiger charge is 2.43. The van der Waals surface area contributed by atoms with E-state index >= 15 is 0 Å². The Kier molecular flexibility index (Phi) is 2.28. The van der Waals surface area contributed by atoms with Gasteiger partial charge in [-0.05, 0) is 30.7 Å². The summed E-state index contributed by atoms with van der Waals surface area (Å²) in [6, 6.07) is 0. The monoisotopic (exact) mass is 206 g/mol. The molecule has 0 spiro atoms. The Morgan fingerprint density at radius 3 is 2.87 bits per heavy atom. The molecule has 1 aliphatic heterocycles. The van der Waals surface area contributed by atoms with Gasteiger partial charge in [-0.1, -0.05) is 6.08 Å². The fraction of sp³-hybridized carbons (Fsp3) is 0.500. The van der Waals surface area contributed by atoms with E-state index in [1.54, 1.807) is 6.92 Å². The van der Waals surface area contributed by atoms with Crippen molar-refractivity contribution in [2.45, 2.75) is 20.0 Å². The lowest BCUT2D eigenvalue weighted by Crippen LogP contribution is -2.43. The van der Waals surface area contributed by atoms with E-state index < -0.39 is 11.5 Å². The Morgan fingerprint density at radius 2 is 2.27 bits per heavy atom. The van der Waals surface area contributed by atoms with Crippen molar-refractivity contribution >= 4 is 5.71 Å². The highest BCUT2D eigenvalue weighted by Crippen LogP contribution is 2.40. The van der Waals surface area contributed by atoms with E-state index in [9.17, 15) is 5.11 Å². The molecule has 0 aromatic rings. The molecule has 0 fully saturated rings. The number of nitrogens with two attached hydrogens (primary N) is 1. The van der Waals surface area contributed by atoms with Gasteiger partial charge in [-0.15, -0.1) is 10.2 Å². The van der Waals surface area contributed by atoms with E-state index in [1.807, 2.05) is 19.1 Å². The maximum atomic E-state index is 9.90. The average Bonchev–Trinajstić information content (AvgIpc) is 2.67. The average molecular weight is 206 g/mol.